The monoisotopic (exact) mass is 263 g/mol. The molecular formula is C17H29NO. The lowest BCUT2D eigenvalue weighted by Crippen LogP contribution is -2.35. The van der Waals surface area contributed by atoms with Crippen molar-refractivity contribution in [2.45, 2.75) is 71.5 Å². The van der Waals surface area contributed by atoms with Crippen LogP contribution in [0.5, 0.6) is 0 Å². The molecular weight excluding hydrogens is 234 g/mol. The van der Waals surface area contributed by atoms with Crippen molar-refractivity contribution in [3.8, 4) is 0 Å². The quantitative estimate of drug-likeness (QED) is 0.598. The average molecular weight is 263 g/mol. The van der Waals surface area contributed by atoms with Gasteiger partial charge in [-0.05, 0) is 45.1 Å². The lowest BCUT2D eigenvalue weighted by Gasteiger charge is -2.32. The summed E-state index contributed by atoms with van der Waals surface area (Å²) >= 11 is 0. The Balaban J connectivity index is 2.84. The third kappa shape index (κ3) is 5.32. The van der Waals surface area contributed by atoms with Crippen LogP contribution in [-0.2, 0) is 4.74 Å². The SMILES string of the molecule is C=CC(=N/C=C\C)C(OC(C)CC)C1CCCCC1. The Hall–Kier alpha value is -0.890. The highest BCUT2D eigenvalue weighted by Gasteiger charge is 2.28. The molecule has 0 N–H and O–H groups in total. The Labute approximate surface area is 118 Å². The van der Waals surface area contributed by atoms with Crippen molar-refractivity contribution in [2.24, 2.45) is 10.9 Å². The van der Waals surface area contributed by atoms with Gasteiger partial charge in [0.2, 0.25) is 0 Å². The van der Waals surface area contributed by atoms with Crippen molar-refractivity contribution in [3.05, 3.63) is 24.9 Å². The van der Waals surface area contributed by atoms with Gasteiger partial charge in [0.25, 0.3) is 0 Å². The van der Waals surface area contributed by atoms with E-state index in [9.17, 15) is 0 Å². The van der Waals surface area contributed by atoms with Crippen LogP contribution in [0, 0.1) is 5.92 Å². The molecule has 0 spiro atoms. The Morgan fingerprint density at radius 3 is 2.58 bits per heavy atom. The van der Waals surface area contributed by atoms with E-state index in [2.05, 4.69) is 25.4 Å². The predicted octanol–water partition coefficient (Wildman–Crippen LogP) is 4.91. The number of ether oxygens (including phenoxy) is 1. The van der Waals surface area contributed by atoms with Crippen LogP contribution in [0.4, 0.5) is 0 Å². The number of hydrogen-bond acceptors (Lipinski definition) is 2. The largest absolute Gasteiger partial charge is 0.369 e. The molecule has 0 amide bonds. The van der Waals surface area contributed by atoms with Crippen LogP contribution >= 0.6 is 0 Å². The highest BCUT2D eigenvalue weighted by molar-refractivity contribution is 5.98. The molecule has 0 saturated heterocycles. The summed E-state index contributed by atoms with van der Waals surface area (Å²) in [4.78, 5) is 4.52. The van der Waals surface area contributed by atoms with Crippen molar-refractivity contribution in [3.63, 3.8) is 0 Å². The summed E-state index contributed by atoms with van der Waals surface area (Å²) < 4.78 is 6.25. The van der Waals surface area contributed by atoms with Gasteiger partial charge in [0.1, 0.15) is 6.10 Å². The van der Waals surface area contributed by atoms with Crippen molar-refractivity contribution in [1.82, 2.24) is 0 Å². The van der Waals surface area contributed by atoms with Crippen LogP contribution in [0.3, 0.4) is 0 Å². The van der Waals surface area contributed by atoms with Crippen LogP contribution < -0.4 is 0 Å². The zero-order valence-corrected chi connectivity index (χ0v) is 12.8. The fraction of sp³-hybridized carbons (Fsp3) is 0.706. The van der Waals surface area contributed by atoms with E-state index in [1.807, 2.05) is 25.3 Å². The minimum absolute atomic E-state index is 0.115. The maximum atomic E-state index is 6.25. The number of hydrogen-bond donors (Lipinski definition) is 0. The van der Waals surface area contributed by atoms with E-state index < -0.39 is 0 Å². The maximum absolute atomic E-state index is 6.25. The van der Waals surface area contributed by atoms with Gasteiger partial charge >= 0.3 is 0 Å². The molecule has 2 nitrogen and oxygen atoms in total. The molecule has 0 aliphatic heterocycles. The molecule has 0 aromatic heterocycles. The number of allylic oxidation sites excluding steroid dienone is 1. The molecule has 0 aromatic rings. The van der Waals surface area contributed by atoms with Crippen LogP contribution in [-0.4, -0.2) is 17.9 Å². The molecule has 2 unspecified atom stereocenters. The molecule has 19 heavy (non-hydrogen) atoms. The molecule has 1 fully saturated rings. The molecule has 1 rings (SSSR count). The van der Waals surface area contributed by atoms with Crippen LogP contribution in [0.2, 0.25) is 0 Å². The second-order valence-electron chi connectivity index (χ2n) is 5.41. The van der Waals surface area contributed by atoms with E-state index in [4.69, 9.17) is 4.74 Å². The molecule has 0 bridgehead atoms. The van der Waals surface area contributed by atoms with Gasteiger partial charge in [-0.1, -0.05) is 38.8 Å². The highest BCUT2D eigenvalue weighted by atomic mass is 16.5. The summed E-state index contributed by atoms with van der Waals surface area (Å²) in [5.74, 6) is 0.602. The van der Waals surface area contributed by atoms with Gasteiger partial charge in [-0.25, -0.2) is 0 Å². The summed E-state index contributed by atoms with van der Waals surface area (Å²) in [5.41, 5.74) is 0.991. The smallest absolute Gasteiger partial charge is 0.103 e. The van der Waals surface area contributed by atoms with Gasteiger partial charge < -0.3 is 4.74 Å². The zero-order valence-electron chi connectivity index (χ0n) is 12.8. The van der Waals surface area contributed by atoms with E-state index in [1.165, 1.54) is 32.1 Å². The third-order valence-electron chi connectivity index (χ3n) is 3.91. The number of aliphatic imine (C=N–C) groups is 1. The van der Waals surface area contributed by atoms with Gasteiger partial charge in [-0.2, -0.15) is 0 Å². The average Bonchev–Trinajstić information content (AvgIpc) is 2.47. The minimum atomic E-state index is 0.115. The molecule has 0 aromatic carbocycles. The number of rotatable bonds is 7. The topological polar surface area (TPSA) is 21.6 Å². The highest BCUT2D eigenvalue weighted by Crippen LogP contribution is 2.30. The molecule has 0 heterocycles. The molecule has 2 atom stereocenters. The lowest BCUT2D eigenvalue weighted by molar-refractivity contribution is -0.00549. The van der Waals surface area contributed by atoms with Crippen LogP contribution in [0.15, 0.2) is 29.9 Å². The van der Waals surface area contributed by atoms with E-state index in [1.54, 1.807) is 0 Å². The van der Waals surface area contributed by atoms with Crippen molar-refractivity contribution in [1.29, 1.82) is 0 Å². The Morgan fingerprint density at radius 2 is 2.05 bits per heavy atom. The Bertz CT molecular complexity index is 313. The minimum Gasteiger partial charge on any atom is -0.369 e. The van der Waals surface area contributed by atoms with Gasteiger partial charge in [0.15, 0.2) is 0 Å². The van der Waals surface area contributed by atoms with Gasteiger partial charge in [0.05, 0.1) is 11.8 Å². The molecule has 2 heteroatoms. The van der Waals surface area contributed by atoms with Gasteiger partial charge in [-0.15, -0.1) is 0 Å². The second kappa shape index (κ2) is 9.08. The molecule has 108 valence electrons. The first-order valence-electron chi connectivity index (χ1n) is 7.69. The van der Waals surface area contributed by atoms with Crippen molar-refractivity contribution in [2.75, 3.05) is 0 Å². The van der Waals surface area contributed by atoms with Crippen LogP contribution in [0.25, 0.3) is 0 Å². The number of nitrogens with zero attached hydrogens (tertiary/aromatic N) is 1. The first kappa shape index (κ1) is 16.2. The molecule has 1 aliphatic carbocycles. The summed E-state index contributed by atoms with van der Waals surface area (Å²) in [7, 11) is 0. The van der Waals surface area contributed by atoms with Crippen molar-refractivity contribution < 1.29 is 4.74 Å². The second-order valence-corrected chi connectivity index (χ2v) is 5.41. The standard InChI is InChI=1S/C17H29NO/c1-5-13-18-16(7-3)17(19-14(4)6-2)15-11-9-8-10-12-15/h5,7,13-15,17H,3,6,8-12H2,1-2,4H3/b13-5-,18-16?. The summed E-state index contributed by atoms with van der Waals surface area (Å²) in [5, 5.41) is 0. The van der Waals surface area contributed by atoms with Gasteiger partial charge in [-0.3, -0.25) is 4.99 Å². The summed E-state index contributed by atoms with van der Waals surface area (Å²) in [6, 6.07) is 0. The van der Waals surface area contributed by atoms with E-state index in [0.717, 1.165) is 12.1 Å². The fourth-order valence-corrected chi connectivity index (χ4v) is 2.61. The normalized spacial score (nSPS) is 21.5. The molecule has 1 saturated carbocycles. The predicted molar refractivity (Wildman–Crippen MR) is 83.6 cm³/mol. The first-order valence-corrected chi connectivity index (χ1v) is 7.69. The maximum Gasteiger partial charge on any atom is 0.103 e. The molecule has 0 radical (unpaired) electrons. The summed E-state index contributed by atoms with van der Waals surface area (Å²) in [6.07, 6.45) is 13.6. The van der Waals surface area contributed by atoms with E-state index in [-0.39, 0.29) is 12.2 Å². The summed E-state index contributed by atoms with van der Waals surface area (Å²) in [6.45, 7) is 10.2. The zero-order chi connectivity index (χ0) is 14.1. The van der Waals surface area contributed by atoms with E-state index in [0.29, 0.717) is 5.92 Å². The third-order valence-corrected chi connectivity index (χ3v) is 3.91. The van der Waals surface area contributed by atoms with E-state index >= 15 is 0 Å². The fourth-order valence-electron chi connectivity index (χ4n) is 2.61. The Kier molecular flexibility index (Phi) is 7.73. The van der Waals surface area contributed by atoms with Crippen LogP contribution in [0.1, 0.15) is 59.3 Å². The molecule has 1 aliphatic rings. The van der Waals surface area contributed by atoms with Crippen molar-refractivity contribution >= 4 is 5.71 Å². The van der Waals surface area contributed by atoms with Gasteiger partial charge in [0, 0.05) is 6.20 Å². The lowest BCUT2D eigenvalue weighted by atomic mass is 9.83. The first-order chi connectivity index (χ1) is 9.22. The Morgan fingerprint density at radius 1 is 1.37 bits per heavy atom.